The average molecular weight is 263 g/mol. The molecule has 2 heteroatoms. The summed E-state index contributed by atoms with van der Waals surface area (Å²) in [6.45, 7) is 6.10. The van der Waals surface area contributed by atoms with E-state index in [1.54, 1.807) is 4.40 Å². The lowest BCUT2D eigenvalue weighted by atomic mass is 9.94. The maximum absolute atomic E-state index is 12.2. The average Bonchev–Trinajstić information content (AvgIpc) is 2.44. The van der Waals surface area contributed by atoms with Crippen LogP contribution in [0.5, 0.6) is 0 Å². The fourth-order valence-electron chi connectivity index (χ4n) is 2.82. The molecular formula is C18H17NO. The van der Waals surface area contributed by atoms with Gasteiger partial charge in [-0.25, -0.2) is 0 Å². The molecule has 0 aliphatic rings. The number of rotatable bonds is 1. The van der Waals surface area contributed by atoms with Crippen LogP contribution in [0.1, 0.15) is 16.7 Å². The summed E-state index contributed by atoms with van der Waals surface area (Å²) in [5.74, 6) is 0. The van der Waals surface area contributed by atoms with Gasteiger partial charge < -0.3 is 0 Å². The van der Waals surface area contributed by atoms with E-state index in [4.69, 9.17) is 0 Å². The predicted molar refractivity (Wildman–Crippen MR) is 83.3 cm³/mol. The first-order valence-electron chi connectivity index (χ1n) is 6.77. The van der Waals surface area contributed by atoms with Crippen LogP contribution in [-0.4, -0.2) is 4.40 Å². The third-order valence-corrected chi connectivity index (χ3v) is 3.80. The Hall–Kier alpha value is -2.35. The lowest BCUT2D eigenvalue weighted by Crippen LogP contribution is -2.16. The lowest BCUT2D eigenvalue weighted by Gasteiger charge is -2.14. The van der Waals surface area contributed by atoms with Crippen molar-refractivity contribution in [3.8, 4) is 11.1 Å². The van der Waals surface area contributed by atoms with Gasteiger partial charge in [-0.2, -0.15) is 0 Å². The first-order valence-corrected chi connectivity index (χ1v) is 6.77. The summed E-state index contributed by atoms with van der Waals surface area (Å²) in [7, 11) is 0. The van der Waals surface area contributed by atoms with Crippen LogP contribution >= 0.6 is 0 Å². The summed E-state index contributed by atoms with van der Waals surface area (Å²) in [5, 5.41) is 0. The molecule has 3 aromatic rings. The zero-order valence-corrected chi connectivity index (χ0v) is 12.0. The van der Waals surface area contributed by atoms with Gasteiger partial charge in [0.2, 0.25) is 0 Å². The van der Waals surface area contributed by atoms with E-state index >= 15 is 0 Å². The monoisotopic (exact) mass is 263 g/mol. The van der Waals surface area contributed by atoms with Gasteiger partial charge in [0.25, 0.3) is 5.56 Å². The first kappa shape index (κ1) is 12.7. The van der Waals surface area contributed by atoms with Crippen LogP contribution in [0.2, 0.25) is 0 Å². The van der Waals surface area contributed by atoms with Gasteiger partial charge in [0.05, 0.1) is 5.52 Å². The van der Waals surface area contributed by atoms with Gasteiger partial charge in [0, 0.05) is 17.3 Å². The molecule has 0 saturated carbocycles. The van der Waals surface area contributed by atoms with Crippen LogP contribution in [0.25, 0.3) is 16.6 Å². The second kappa shape index (κ2) is 4.64. The van der Waals surface area contributed by atoms with E-state index in [9.17, 15) is 4.79 Å². The topological polar surface area (TPSA) is 21.5 Å². The third kappa shape index (κ3) is 1.85. The van der Waals surface area contributed by atoms with E-state index in [-0.39, 0.29) is 5.56 Å². The van der Waals surface area contributed by atoms with Crippen molar-refractivity contribution in [2.75, 3.05) is 0 Å². The zero-order chi connectivity index (χ0) is 14.3. The van der Waals surface area contributed by atoms with Crippen molar-refractivity contribution in [1.82, 2.24) is 4.40 Å². The van der Waals surface area contributed by atoms with Crippen molar-refractivity contribution in [1.29, 1.82) is 0 Å². The third-order valence-electron chi connectivity index (χ3n) is 3.80. The molecule has 3 rings (SSSR count). The quantitative estimate of drug-likeness (QED) is 0.652. The Balaban J connectivity index is 2.49. The molecule has 0 atom stereocenters. The van der Waals surface area contributed by atoms with Crippen molar-refractivity contribution in [2.24, 2.45) is 0 Å². The van der Waals surface area contributed by atoms with Crippen LogP contribution in [0, 0.1) is 20.8 Å². The number of pyridine rings is 2. The molecule has 20 heavy (non-hydrogen) atoms. The molecule has 0 spiro atoms. The Bertz CT molecular complexity index is 839. The van der Waals surface area contributed by atoms with Gasteiger partial charge in [-0.3, -0.25) is 9.20 Å². The van der Waals surface area contributed by atoms with Crippen LogP contribution in [0.4, 0.5) is 0 Å². The molecule has 0 N–H and O–H groups in total. The summed E-state index contributed by atoms with van der Waals surface area (Å²) in [6, 6.07) is 14.2. The smallest absolute Gasteiger partial charge is 0.258 e. The van der Waals surface area contributed by atoms with Gasteiger partial charge in [-0.05, 0) is 55.7 Å². The van der Waals surface area contributed by atoms with Crippen molar-refractivity contribution in [3.63, 3.8) is 0 Å². The highest BCUT2D eigenvalue weighted by Gasteiger charge is 2.11. The number of fused-ring (bicyclic) bond motifs is 1. The molecule has 0 aliphatic carbocycles. The van der Waals surface area contributed by atoms with E-state index in [0.717, 1.165) is 16.6 Å². The van der Waals surface area contributed by atoms with E-state index in [1.165, 1.54) is 16.7 Å². The Morgan fingerprint density at radius 1 is 0.850 bits per heavy atom. The minimum atomic E-state index is 0.0515. The molecule has 0 unspecified atom stereocenters. The van der Waals surface area contributed by atoms with E-state index < -0.39 is 0 Å². The molecule has 0 fully saturated rings. The molecule has 0 aliphatic heterocycles. The molecule has 2 aromatic heterocycles. The SMILES string of the molecule is Cc1cccc(C)c1-c1cc(C)c(=O)n2ccccc12. The summed E-state index contributed by atoms with van der Waals surface area (Å²) in [6.07, 6.45) is 1.84. The van der Waals surface area contributed by atoms with Crippen molar-refractivity contribution in [2.45, 2.75) is 20.8 Å². The molecule has 100 valence electrons. The summed E-state index contributed by atoms with van der Waals surface area (Å²) < 4.78 is 1.73. The molecule has 0 radical (unpaired) electrons. The second-order valence-corrected chi connectivity index (χ2v) is 5.27. The highest BCUT2D eigenvalue weighted by atomic mass is 16.1. The van der Waals surface area contributed by atoms with E-state index in [0.29, 0.717) is 0 Å². The molecule has 0 bridgehead atoms. The van der Waals surface area contributed by atoms with E-state index in [2.05, 4.69) is 32.0 Å². The fraction of sp³-hybridized carbons (Fsp3) is 0.167. The number of nitrogens with zero attached hydrogens (tertiary/aromatic N) is 1. The number of hydrogen-bond donors (Lipinski definition) is 0. The second-order valence-electron chi connectivity index (χ2n) is 5.27. The van der Waals surface area contributed by atoms with Gasteiger partial charge in [0.1, 0.15) is 0 Å². The number of benzene rings is 1. The Morgan fingerprint density at radius 3 is 2.25 bits per heavy atom. The summed E-state index contributed by atoms with van der Waals surface area (Å²) in [5.41, 5.74) is 6.59. The van der Waals surface area contributed by atoms with Crippen molar-refractivity contribution < 1.29 is 0 Å². The molecule has 0 amide bonds. The van der Waals surface area contributed by atoms with Gasteiger partial charge in [0.15, 0.2) is 0 Å². The maximum atomic E-state index is 12.2. The minimum absolute atomic E-state index is 0.0515. The highest BCUT2D eigenvalue weighted by Crippen LogP contribution is 2.30. The van der Waals surface area contributed by atoms with Crippen LogP contribution in [0.3, 0.4) is 0 Å². The number of hydrogen-bond acceptors (Lipinski definition) is 1. The molecular weight excluding hydrogens is 246 g/mol. The largest absolute Gasteiger partial charge is 0.283 e. The van der Waals surface area contributed by atoms with Gasteiger partial charge in [-0.15, -0.1) is 0 Å². The van der Waals surface area contributed by atoms with Crippen LogP contribution < -0.4 is 5.56 Å². The Labute approximate surface area is 118 Å². The predicted octanol–water partition coefficient (Wildman–Crippen LogP) is 3.89. The summed E-state index contributed by atoms with van der Waals surface area (Å²) >= 11 is 0. The van der Waals surface area contributed by atoms with Gasteiger partial charge >= 0.3 is 0 Å². The minimum Gasteiger partial charge on any atom is -0.283 e. The van der Waals surface area contributed by atoms with Crippen molar-refractivity contribution >= 4 is 5.52 Å². The molecule has 0 saturated heterocycles. The van der Waals surface area contributed by atoms with E-state index in [1.807, 2.05) is 37.4 Å². The maximum Gasteiger partial charge on any atom is 0.258 e. The number of aromatic nitrogens is 1. The summed E-state index contributed by atoms with van der Waals surface area (Å²) in [4.78, 5) is 12.2. The first-order chi connectivity index (χ1) is 9.59. The Kier molecular flexibility index (Phi) is 2.94. The number of aryl methyl sites for hydroxylation is 3. The molecule has 1 aromatic carbocycles. The normalized spacial score (nSPS) is 10.9. The fourth-order valence-corrected chi connectivity index (χ4v) is 2.82. The van der Waals surface area contributed by atoms with Crippen LogP contribution in [0.15, 0.2) is 53.5 Å². The molecule has 2 heterocycles. The van der Waals surface area contributed by atoms with Gasteiger partial charge in [-0.1, -0.05) is 24.3 Å². The zero-order valence-electron chi connectivity index (χ0n) is 12.0. The standard InChI is InChI=1S/C18H17NO/c1-12-7-6-8-13(2)17(12)15-11-14(3)18(20)19-10-5-4-9-16(15)19/h4-11H,1-3H3. The van der Waals surface area contributed by atoms with Crippen molar-refractivity contribution in [3.05, 3.63) is 75.7 Å². The Morgan fingerprint density at radius 2 is 1.55 bits per heavy atom. The lowest BCUT2D eigenvalue weighted by molar-refractivity contribution is 1.07. The highest BCUT2D eigenvalue weighted by molar-refractivity contribution is 5.84. The molecule has 2 nitrogen and oxygen atoms in total. The van der Waals surface area contributed by atoms with Crippen LogP contribution in [-0.2, 0) is 0 Å².